The molecule has 0 saturated carbocycles. The zero-order valence-electron chi connectivity index (χ0n) is 11.0. The average molecular weight is 270 g/mol. The number of piperidine rings is 1. The molecule has 1 aromatic rings. The van der Waals surface area contributed by atoms with E-state index < -0.39 is 0 Å². The van der Waals surface area contributed by atoms with Crippen molar-refractivity contribution in [3.05, 3.63) is 22.7 Å². The molecule has 1 aromatic carbocycles. The predicted molar refractivity (Wildman–Crippen MR) is 73.9 cm³/mol. The van der Waals surface area contributed by atoms with Gasteiger partial charge in [0.25, 0.3) is 0 Å². The van der Waals surface area contributed by atoms with Crippen molar-refractivity contribution in [3.8, 4) is 11.5 Å². The van der Waals surface area contributed by atoms with Gasteiger partial charge in [0.2, 0.25) is 0 Å². The van der Waals surface area contributed by atoms with Crippen LogP contribution in [0.3, 0.4) is 0 Å². The fourth-order valence-corrected chi connectivity index (χ4v) is 2.74. The van der Waals surface area contributed by atoms with Gasteiger partial charge < -0.3 is 14.8 Å². The molecular weight excluding hydrogens is 250 g/mol. The van der Waals surface area contributed by atoms with E-state index in [1.807, 2.05) is 12.1 Å². The van der Waals surface area contributed by atoms with Gasteiger partial charge in [-0.2, -0.15) is 0 Å². The van der Waals surface area contributed by atoms with Gasteiger partial charge in [0, 0.05) is 6.04 Å². The Morgan fingerprint density at radius 2 is 2.00 bits per heavy atom. The maximum Gasteiger partial charge on any atom is 0.179 e. The second-order valence-electron chi connectivity index (χ2n) is 4.62. The standard InChI is InChI=1S/C14H20ClNO2/c1-17-13-10(6-7-12(15)14(13)18-2)9-11-5-3-4-8-16-11/h6-7,11,16H,3-5,8-9H2,1-2H3. The first-order valence-corrected chi connectivity index (χ1v) is 6.76. The van der Waals surface area contributed by atoms with Crippen molar-refractivity contribution in [2.24, 2.45) is 0 Å². The molecule has 18 heavy (non-hydrogen) atoms. The van der Waals surface area contributed by atoms with Crippen LogP contribution in [-0.4, -0.2) is 26.8 Å². The molecule has 1 unspecified atom stereocenters. The van der Waals surface area contributed by atoms with Crippen molar-refractivity contribution in [1.29, 1.82) is 0 Å². The van der Waals surface area contributed by atoms with E-state index in [0.717, 1.165) is 24.3 Å². The summed E-state index contributed by atoms with van der Waals surface area (Å²) in [5, 5.41) is 4.13. The van der Waals surface area contributed by atoms with Gasteiger partial charge in [-0.25, -0.2) is 0 Å². The van der Waals surface area contributed by atoms with E-state index >= 15 is 0 Å². The van der Waals surface area contributed by atoms with Crippen LogP contribution in [-0.2, 0) is 6.42 Å². The van der Waals surface area contributed by atoms with E-state index in [2.05, 4.69) is 5.32 Å². The second-order valence-corrected chi connectivity index (χ2v) is 5.03. The number of nitrogens with one attached hydrogen (secondary N) is 1. The minimum atomic E-state index is 0.526. The van der Waals surface area contributed by atoms with E-state index in [4.69, 9.17) is 21.1 Å². The molecule has 4 heteroatoms. The minimum Gasteiger partial charge on any atom is -0.493 e. The highest BCUT2D eigenvalue weighted by atomic mass is 35.5. The SMILES string of the molecule is COc1c(Cl)ccc(CC2CCCCN2)c1OC. The summed E-state index contributed by atoms with van der Waals surface area (Å²) < 4.78 is 10.8. The predicted octanol–water partition coefficient (Wildman–Crippen LogP) is 3.04. The molecule has 0 amide bonds. The van der Waals surface area contributed by atoms with Crippen molar-refractivity contribution in [3.63, 3.8) is 0 Å². The molecule has 1 saturated heterocycles. The van der Waals surface area contributed by atoms with Crippen molar-refractivity contribution in [1.82, 2.24) is 5.32 Å². The Kier molecular flexibility index (Phi) is 4.72. The molecule has 1 atom stereocenters. The Morgan fingerprint density at radius 3 is 2.61 bits per heavy atom. The van der Waals surface area contributed by atoms with E-state index in [1.54, 1.807) is 14.2 Å². The van der Waals surface area contributed by atoms with Gasteiger partial charge in [-0.15, -0.1) is 0 Å². The Labute approximate surface area is 113 Å². The minimum absolute atomic E-state index is 0.526. The van der Waals surface area contributed by atoms with Crippen LogP contribution < -0.4 is 14.8 Å². The van der Waals surface area contributed by atoms with E-state index in [0.29, 0.717) is 16.8 Å². The first kappa shape index (κ1) is 13.5. The van der Waals surface area contributed by atoms with Crippen molar-refractivity contribution in [2.45, 2.75) is 31.7 Å². The summed E-state index contributed by atoms with van der Waals surface area (Å²) in [7, 11) is 3.28. The monoisotopic (exact) mass is 269 g/mol. The zero-order valence-corrected chi connectivity index (χ0v) is 11.7. The normalized spacial score (nSPS) is 19.6. The largest absolute Gasteiger partial charge is 0.493 e. The van der Waals surface area contributed by atoms with E-state index in [-0.39, 0.29) is 0 Å². The summed E-state index contributed by atoms with van der Waals surface area (Å²) in [6.07, 6.45) is 4.74. The van der Waals surface area contributed by atoms with Crippen LogP contribution in [0.1, 0.15) is 24.8 Å². The van der Waals surface area contributed by atoms with Gasteiger partial charge in [0.1, 0.15) is 0 Å². The number of ether oxygens (including phenoxy) is 2. The highest BCUT2D eigenvalue weighted by Crippen LogP contribution is 2.38. The highest BCUT2D eigenvalue weighted by Gasteiger charge is 2.19. The average Bonchev–Trinajstić information content (AvgIpc) is 2.41. The smallest absolute Gasteiger partial charge is 0.179 e. The lowest BCUT2D eigenvalue weighted by Crippen LogP contribution is -2.35. The number of hydrogen-bond donors (Lipinski definition) is 1. The molecule has 1 aliphatic heterocycles. The Morgan fingerprint density at radius 1 is 1.22 bits per heavy atom. The number of methoxy groups -OCH3 is 2. The first-order chi connectivity index (χ1) is 8.76. The Balaban J connectivity index is 2.21. The van der Waals surface area contributed by atoms with Gasteiger partial charge >= 0.3 is 0 Å². The van der Waals surface area contributed by atoms with Crippen LogP contribution in [0.25, 0.3) is 0 Å². The molecule has 1 heterocycles. The summed E-state index contributed by atoms with van der Waals surface area (Å²) >= 11 is 6.10. The lowest BCUT2D eigenvalue weighted by molar-refractivity contribution is 0.345. The number of benzene rings is 1. The van der Waals surface area contributed by atoms with Gasteiger partial charge in [-0.05, 0) is 37.4 Å². The summed E-state index contributed by atoms with van der Waals surface area (Å²) in [4.78, 5) is 0. The fraction of sp³-hybridized carbons (Fsp3) is 0.571. The fourth-order valence-electron chi connectivity index (χ4n) is 2.52. The molecule has 100 valence electrons. The van der Waals surface area contributed by atoms with Gasteiger partial charge in [-0.3, -0.25) is 0 Å². The maximum atomic E-state index is 6.10. The molecule has 1 aliphatic rings. The lowest BCUT2D eigenvalue weighted by atomic mass is 9.97. The van der Waals surface area contributed by atoms with Crippen LogP contribution in [0, 0.1) is 0 Å². The summed E-state index contributed by atoms with van der Waals surface area (Å²) in [6, 6.07) is 4.43. The first-order valence-electron chi connectivity index (χ1n) is 6.39. The third-order valence-corrected chi connectivity index (χ3v) is 3.73. The third kappa shape index (κ3) is 2.90. The van der Waals surface area contributed by atoms with Crippen molar-refractivity contribution in [2.75, 3.05) is 20.8 Å². The molecule has 2 rings (SSSR count). The molecule has 0 spiro atoms. The summed E-state index contributed by atoms with van der Waals surface area (Å²) in [5.74, 6) is 1.39. The maximum absolute atomic E-state index is 6.10. The van der Waals surface area contributed by atoms with Gasteiger partial charge in [0.05, 0.1) is 19.2 Å². The van der Waals surface area contributed by atoms with Crippen LogP contribution >= 0.6 is 11.6 Å². The number of rotatable bonds is 4. The molecule has 1 fully saturated rings. The van der Waals surface area contributed by atoms with Gasteiger partial charge in [0.15, 0.2) is 11.5 Å². The third-order valence-electron chi connectivity index (χ3n) is 3.43. The molecule has 3 nitrogen and oxygen atoms in total. The summed E-state index contributed by atoms with van der Waals surface area (Å²) in [6.45, 7) is 1.11. The molecule has 0 aliphatic carbocycles. The van der Waals surface area contributed by atoms with E-state index in [1.165, 1.54) is 19.3 Å². The molecular formula is C14H20ClNO2. The Bertz CT molecular complexity index is 403. The van der Waals surface area contributed by atoms with Crippen LogP contribution in [0.2, 0.25) is 5.02 Å². The second kappa shape index (κ2) is 6.30. The lowest BCUT2D eigenvalue weighted by Gasteiger charge is -2.24. The summed E-state index contributed by atoms with van der Waals surface area (Å²) in [5.41, 5.74) is 1.15. The van der Waals surface area contributed by atoms with Crippen molar-refractivity contribution < 1.29 is 9.47 Å². The molecule has 1 N–H and O–H groups in total. The van der Waals surface area contributed by atoms with E-state index in [9.17, 15) is 0 Å². The topological polar surface area (TPSA) is 30.5 Å². The van der Waals surface area contributed by atoms with Crippen LogP contribution in [0.4, 0.5) is 0 Å². The quantitative estimate of drug-likeness (QED) is 0.911. The molecule has 0 aromatic heterocycles. The van der Waals surface area contributed by atoms with Crippen LogP contribution in [0.5, 0.6) is 11.5 Å². The van der Waals surface area contributed by atoms with Gasteiger partial charge in [-0.1, -0.05) is 24.1 Å². The number of hydrogen-bond acceptors (Lipinski definition) is 3. The number of halogens is 1. The van der Waals surface area contributed by atoms with Crippen LogP contribution in [0.15, 0.2) is 12.1 Å². The molecule has 0 bridgehead atoms. The van der Waals surface area contributed by atoms with Crippen molar-refractivity contribution >= 4 is 11.6 Å². The Hall–Kier alpha value is -0.930. The zero-order chi connectivity index (χ0) is 13.0. The molecule has 0 radical (unpaired) electrons. The highest BCUT2D eigenvalue weighted by molar-refractivity contribution is 6.32.